The van der Waals surface area contributed by atoms with Gasteiger partial charge in [0, 0.05) is 24.3 Å². The molecule has 0 aromatic carbocycles. The summed E-state index contributed by atoms with van der Waals surface area (Å²) in [4.78, 5) is 4.04. The van der Waals surface area contributed by atoms with E-state index < -0.39 is 0 Å². The second-order valence-corrected chi connectivity index (χ2v) is 5.84. The largest absolute Gasteiger partial charge is 0.384 e. The zero-order valence-corrected chi connectivity index (χ0v) is 11.5. The van der Waals surface area contributed by atoms with Crippen molar-refractivity contribution in [2.45, 2.75) is 31.1 Å². The van der Waals surface area contributed by atoms with Crippen molar-refractivity contribution < 1.29 is 0 Å². The number of hydrogen-bond donors (Lipinski definition) is 1. The molecule has 1 aromatic heterocycles. The summed E-state index contributed by atoms with van der Waals surface area (Å²) in [5.41, 5.74) is 1.12. The van der Waals surface area contributed by atoms with Crippen molar-refractivity contribution in [1.29, 1.82) is 0 Å². The monoisotopic (exact) mass is 302 g/mol. The number of nitrogens with one attached hydrogen (secondary N) is 1. The Balaban J connectivity index is 1.85. The van der Waals surface area contributed by atoms with Crippen molar-refractivity contribution >= 4 is 33.2 Å². The van der Waals surface area contributed by atoms with Crippen molar-refractivity contribution in [3.63, 3.8) is 0 Å². The van der Waals surface area contributed by atoms with Gasteiger partial charge in [0.15, 0.2) is 0 Å². The summed E-state index contributed by atoms with van der Waals surface area (Å²) in [6.45, 7) is 1.01. The average molecular weight is 304 g/mol. The van der Waals surface area contributed by atoms with Crippen LogP contribution in [0.25, 0.3) is 0 Å². The predicted octanol–water partition coefficient (Wildman–Crippen LogP) is 4.05. The van der Waals surface area contributed by atoms with Crippen LogP contribution < -0.4 is 5.32 Å². The molecule has 4 heteroatoms. The highest BCUT2D eigenvalue weighted by atomic mass is 79.9. The number of rotatable bonds is 3. The van der Waals surface area contributed by atoms with Crippen molar-refractivity contribution in [3.05, 3.63) is 22.9 Å². The molecule has 2 rings (SSSR count). The van der Waals surface area contributed by atoms with E-state index in [1.54, 1.807) is 6.20 Å². The molecule has 0 saturated heterocycles. The average Bonchev–Trinajstić information content (AvgIpc) is 2.28. The number of aromatic nitrogens is 1. The molecule has 0 radical (unpaired) electrons. The summed E-state index contributed by atoms with van der Waals surface area (Å²) >= 11 is 9.66. The fourth-order valence-corrected chi connectivity index (χ4v) is 2.98. The van der Waals surface area contributed by atoms with Gasteiger partial charge in [0.05, 0.1) is 10.2 Å². The van der Waals surface area contributed by atoms with Crippen LogP contribution in [-0.2, 0) is 0 Å². The van der Waals surface area contributed by atoms with Crippen LogP contribution in [0.3, 0.4) is 0 Å². The van der Waals surface area contributed by atoms with Gasteiger partial charge in [0.2, 0.25) is 0 Å². The Hall–Kier alpha value is -0.280. The van der Waals surface area contributed by atoms with E-state index in [0.717, 1.165) is 23.1 Å². The number of pyridine rings is 1. The van der Waals surface area contributed by atoms with E-state index in [1.807, 2.05) is 12.3 Å². The summed E-state index contributed by atoms with van der Waals surface area (Å²) in [5.74, 6) is 0.705. The van der Waals surface area contributed by atoms with Crippen molar-refractivity contribution in [2.75, 3.05) is 11.9 Å². The molecule has 2 atom stereocenters. The quantitative estimate of drug-likeness (QED) is 0.852. The maximum atomic E-state index is 6.18. The second-order valence-electron chi connectivity index (χ2n) is 4.37. The summed E-state index contributed by atoms with van der Waals surface area (Å²) in [6.07, 6.45) is 8.48. The summed E-state index contributed by atoms with van der Waals surface area (Å²) in [7, 11) is 0. The van der Waals surface area contributed by atoms with Crippen molar-refractivity contribution in [3.8, 4) is 0 Å². The third kappa shape index (κ3) is 3.36. The minimum Gasteiger partial charge on any atom is -0.384 e. The van der Waals surface area contributed by atoms with Gasteiger partial charge in [0.1, 0.15) is 0 Å². The smallest absolute Gasteiger partial charge is 0.0590 e. The van der Waals surface area contributed by atoms with Gasteiger partial charge in [-0.1, -0.05) is 6.42 Å². The lowest BCUT2D eigenvalue weighted by atomic mass is 9.89. The Morgan fingerprint density at radius 1 is 1.50 bits per heavy atom. The Morgan fingerprint density at radius 3 is 3.12 bits per heavy atom. The molecule has 88 valence electrons. The van der Waals surface area contributed by atoms with Crippen LogP contribution in [0.5, 0.6) is 0 Å². The van der Waals surface area contributed by atoms with Gasteiger partial charge in [-0.25, -0.2) is 0 Å². The number of hydrogen-bond acceptors (Lipinski definition) is 2. The number of alkyl halides is 1. The lowest BCUT2D eigenvalue weighted by Gasteiger charge is -2.26. The van der Waals surface area contributed by atoms with Gasteiger partial charge in [0.25, 0.3) is 0 Å². The minimum absolute atomic E-state index is 0.376. The third-order valence-electron chi connectivity index (χ3n) is 3.07. The van der Waals surface area contributed by atoms with Gasteiger partial charge < -0.3 is 5.32 Å². The van der Waals surface area contributed by atoms with Crippen LogP contribution in [0.4, 0.5) is 5.69 Å². The zero-order chi connectivity index (χ0) is 11.4. The van der Waals surface area contributed by atoms with Gasteiger partial charge in [-0.2, -0.15) is 0 Å². The molecule has 2 nitrogen and oxygen atoms in total. The van der Waals surface area contributed by atoms with Crippen molar-refractivity contribution in [2.24, 2.45) is 5.92 Å². The Bertz CT molecular complexity index is 346. The predicted molar refractivity (Wildman–Crippen MR) is 72.0 cm³/mol. The first kappa shape index (κ1) is 12.2. The normalized spacial score (nSPS) is 25.4. The highest BCUT2D eigenvalue weighted by molar-refractivity contribution is 9.10. The number of nitrogens with zero attached hydrogens (tertiary/aromatic N) is 1. The van der Waals surface area contributed by atoms with E-state index in [9.17, 15) is 0 Å². The Kier molecular flexibility index (Phi) is 4.47. The lowest BCUT2D eigenvalue weighted by molar-refractivity contribution is 0.378. The van der Waals surface area contributed by atoms with Gasteiger partial charge in [-0.3, -0.25) is 4.98 Å². The van der Waals surface area contributed by atoms with E-state index in [0.29, 0.717) is 11.3 Å². The standard InChI is InChI=1S/C12H16BrClN2/c13-11-8-15-5-4-12(11)16-7-9-2-1-3-10(14)6-9/h4-5,8-10H,1-3,6-7H2,(H,15,16). The fourth-order valence-electron chi connectivity index (χ4n) is 2.18. The first-order valence-electron chi connectivity index (χ1n) is 5.73. The number of halogens is 2. The molecule has 0 amide bonds. The van der Waals surface area contributed by atoms with E-state index in [4.69, 9.17) is 11.6 Å². The second kappa shape index (κ2) is 5.87. The van der Waals surface area contributed by atoms with E-state index in [1.165, 1.54) is 19.3 Å². The van der Waals surface area contributed by atoms with Gasteiger partial charge in [-0.05, 0) is 47.2 Å². The molecule has 0 bridgehead atoms. The minimum atomic E-state index is 0.376. The molecular weight excluding hydrogens is 288 g/mol. The third-order valence-corrected chi connectivity index (χ3v) is 4.10. The molecule has 1 fully saturated rings. The fraction of sp³-hybridized carbons (Fsp3) is 0.583. The van der Waals surface area contributed by atoms with Gasteiger partial charge in [-0.15, -0.1) is 11.6 Å². The molecule has 1 N–H and O–H groups in total. The summed E-state index contributed by atoms with van der Waals surface area (Å²) < 4.78 is 1.02. The molecule has 1 saturated carbocycles. The summed E-state index contributed by atoms with van der Waals surface area (Å²) in [5, 5.41) is 3.83. The molecule has 2 unspecified atom stereocenters. The van der Waals surface area contributed by atoms with Crippen LogP contribution in [0.2, 0.25) is 0 Å². The van der Waals surface area contributed by atoms with Crippen LogP contribution in [0.1, 0.15) is 25.7 Å². The highest BCUT2D eigenvalue weighted by Crippen LogP contribution is 2.28. The lowest BCUT2D eigenvalue weighted by Crippen LogP contribution is -2.22. The van der Waals surface area contributed by atoms with E-state index >= 15 is 0 Å². The Morgan fingerprint density at radius 2 is 2.38 bits per heavy atom. The number of anilines is 1. The molecule has 1 aromatic rings. The topological polar surface area (TPSA) is 24.9 Å². The molecule has 1 aliphatic rings. The van der Waals surface area contributed by atoms with Crippen LogP contribution >= 0.6 is 27.5 Å². The van der Waals surface area contributed by atoms with Crippen LogP contribution in [0.15, 0.2) is 22.9 Å². The van der Waals surface area contributed by atoms with Gasteiger partial charge >= 0.3 is 0 Å². The molecule has 1 heterocycles. The SMILES string of the molecule is ClC1CCCC(CNc2ccncc2Br)C1. The zero-order valence-electron chi connectivity index (χ0n) is 9.13. The van der Waals surface area contributed by atoms with Crippen LogP contribution in [-0.4, -0.2) is 16.9 Å². The first-order chi connectivity index (χ1) is 7.75. The molecule has 0 spiro atoms. The highest BCUT2D eigenvalue weighted by Gasteiger charge is 2.19. The Labute approximate surface area is 110 Å². The molecule has 0 aliphatic heterocycles. The van der Waals surface area contributed by atoms with E-state index in [-0.39, 0.29) is 0 Å². The first-order valence-corrected chi connectivity index (χ1v) is 6.96. The van der Waals surface area contributed by atoms with E-state index in [2.05, 4.69) is 26.2 Å². The van der Waals surface area contributed by atoms with Crippen molar-refractivity contribution in [1.82, 2.24) is 4.98 Å². The maximum absolute atomic E-state index is 6.18. The van der Waals surface area contributed by atoms with Crippen LogP contribution in [0, 0.1) is 5.92 Å². The molecule has 16 heavy (non-hydrogen) atoms. The molecule has 1 aliphatic carbocycles. The summed E-state index contributed by atoms with van der Waals surface area (Å²) in [6, 6.07) is 1.99. The maximum Gasteiger partial charge on any atom is 0.0590 e. The molecular formula is C12H16BrClN2.